The maximum atomic E-state index is 11.8. The van der Waals surface area contributed by atoms with Crippen molar-refractivity contribution in [3.05, 3.63) is 23.8 Å². The van der Waals surface area contributed by atoms with E-state index in [4.69, 9.17) is 4.74 Å². The minimum absolute atomic E-state index is 0.0443. The van der Waals surface area contributed by atoms with Crippen LogP contribution in [-0.2, 0) is 16.0 Å². The summed E-state index contributed by atoms with van der Waals surface area (Å²) in [4.78, 5) is 23.5. The quantitative estimate of drug-likeness (QED) is 0.677. The molecule has 1 aliphatic carbocycles. The van der Waals surface area contributed by atoms with Crippen molar-refractivity contribution in [3.63, 3.8) is 0 Å². The van der Waals surface area contributed by atoms with E-state index in [0.717, 1.165) is 18.4 Å². The number of nitrogens with one attached hydrogen (secondary N) is 2. The Morgan fingerprint density at radius 3 is 2.58 bits per heavy atom. The number of benzene rings is 1. The molecule has 1 aromatic carbocycles. The molecule has 1 saturated carbocycles. The molecule has 0 unspecified atom stereocenters. The van der Waals surface area contributed by atoms with Gasteiger partial charge >= 0.3 is 0 Å². The fraction of sp³-hybridized carbons (Fsp3) is 0.556. The summed E-state index contributed by atoms with van der Waals surface area (Å²) < 4.78 is 4.99. The van der Waals surface area contributed by atoms with Gasteiger partial charge in [0, 0.05) is 25.4 Å². The maximum absolute atomic E-state index is 11.8. The minimum atomic E-state index is -0.130. The summed E-state index contributed by atoms with van der Waals surface area (Å²) in [6, 6.07) is 5.46. The smallest absolute Gasteiger partial charge is 0.220 e. The predicted molar refractivity (Wildman–Crippen MR) is 91.0 cm³/mol. The van der Waals surface area contributed by atoms with Crippen LogP contribution >= 0.6 is 0 Å². The van der Waals surface area contributed by atoms with E-state index >= 15 is 0 Å². The van der Waals surface area contributed by atoms with Gasteiger partial charge in [0.1, 0.15) is 0 Å². The monoisotopic (exact) mass is 334 g/mol. The fourth-order valence-corrected chi connectivity index (χ4v) is 2.92. The van der Waals surface area contributed by atoms with Crippen LogP contribution in [0.25, 0.3) is 0 Å². The SMILES string of the molecule is COc1ccc(CCNC(=O)CCC(=O)NC2CCCC2)cc1O. The van der Waals surface area contributed by atoms with Crippen LogP contribution in [0, 0.1) is 0 Å². The minimum Gasteiger partial charge on any atom is -0.504 e. The van der Waals surface area contributed by atoms with Gasteiger partial charge in [-0.05, 0) is 37.0 Å². The second-order valence-corrected chi connectivity index (χ2v) is 6.16. The van der Waals surface area contributed by atoms with Crippen LogP contribution < -0.4 is 15.4 Å². The molecule has 6 heteroatoms. The largest absolute Gasteiger partial charge is 0.504 e. The van der Waals surface area contributed by atoms with Gasteiger partial charge in [-0.25, -0.2) is 0 Å². The first-order valence-corrected chi connectivity index (χ1v) is 8.50. The zero-order valence-corrected chi connectivity index (χ0v) is 14.1. The summed E-state index contributed by atoms with van der Waals surface area (Å²) in [5, 5.41) is 15.5. The van der Waals surface area contributed by atoms with E-state index in [1.807, 2.05) is 6.07 Å². The molecule has 3 N–H and O–H groups in total. The van der Waals surface area contributed by atoms with Crippen LogP contribution in [0.4, 0.5) is 0 Å². The third kappa shape index (κ3) is 5.76. The van der Waals surface area contributed by atoms with Crippen molar-refractivity contribution in [2.75, 3.05) is 13.7 Å². The summed E-state index contributed by atoms with van der Waals surface area (Å²) in [5.74, 6) is 0.340. The Labute approximate surface area is 142 Å². The number of aromatic hydroxyl groups is 1. The molecule has 0 atom stereocenters. The van der Waals surface area contributed by atoms with Crippen LogP contribution in [-0.4, -0.2) is 36.6 Å². The highest BCUT2D eigenvalue weighted by atomic mass is 16.5. The topological polar surface area (TPSA) is 87.7 Å². The van der Waals surface area contributed by atoms with Gasteiger partial charge in [0.25, 0.3) is 0 Å². The van der Waals surface area contributed by atoms with Gasteiger partial charge in [0.05, 0.1) is 7.11 Å². The number of hydrogen-bond donors (Lipinski definition) is 3. The molecule has 2 amide bonds. The van der Waals surface area contributed by atoms with Crippen molar-refractivity contribution >= 4 is 11.8 Å². The number of ether oxygens (including phenoxy) is 1. The zero-order chi connectivity index (χ0) is 17.4. The molecule has 0 aromatic heterocycles. The number of phenols is 1. The molecule has 1 aliphatic rings. The molecule has 0 spiro atoms. The lowest BCUT2D eigenvalue weighted by molar-refractivity contribution is -0.126. The average molecular weight is 334 g/mol. The lowest BCUT2D eigenvalue weighted by atomic mass is 10.1. The highest BCUT2D eigenvalue weighted by Crippen LogP contribution is 2.26. The molecular formula is C18H26N2O4. The van der Waals surface area contributed by atoms with Crippen LogP contribution in [0.15, 0.2) is 18.2 Å². The van der Waals surface area contributed by atoms with Crippen molar-refractivity contribution in [3.8, 4) is 11.5 Å². The lowest BCUT2D eigenvalue weighted by Crippen LogP contribution is -2.34. The second kappa shape index (κ2) is 9.15. The zero-order valence-electron chi connectivity index (χ0n) is 14.1. The summed E-state index contributed by atoms with van der Waals surface area (Å²) >= 11 is 0. The molecular weight excluding hydrogens is 308 g/mol. The molecule has 2 rings (SSSR count). The third-order valence-electron chi connectivity index (χ3n) is 4.28. The number of methoxy groups -OCH3 is 1. The molecule has 1 aromatic rings. The fourth-order valence-electron chi connectivity index (χ4n) is 2.92. The van der Waals surface area contributed by atoms with Gasteiger partial charge in [-0.1, -0.05) is 18.9 Å². The maximum Gasteiger partial charge on any atom is 0.220 e. The Morgan fingerprint density at radius 2 is 1.92 bits per heavy atom. The second-order valence-electron chi connectivity index (χ2n) is 6.16. The van der Waals surface area contributed by atoms with Crippen LogP contribution in [0.2, 0.25) is 0 Å². The highest BCUT2D eigenvalue weighted by molar-refractivity contribution is 5.83. The Hall–Kier alpha value is -2.24. The summed E-state index contributed by atoms with van der Waals surface area (Å²) in [6.07, 6.45) is 5.48. The molecule has 1 fully saturated rings. The van der Waals surface area contributed by atoms with E-state index in [2.05, 4.69) is 10.6 Å². The first kappa shape index (κ1) is 18.1. The molecule has 0 bridgehead atoms. The molecule has 0 saturated heterocycles. The summed E-state index contributed by atoms with van der Waals surface area (Å²) in [5.41, 5.74) is 0.910. The third-order valence-corrected chi connectivity index (χ3v) is 4.28. The lowest BCUT2D eigenvalue weighted by Gasteiger charge is -2.11. The predicted octanol–water partition coefficient (Wildman–Crippen LogP) is 1.90. The standard InChI is InChI=1S/C18H26N2O4/c1-24-16-7-6-13(12-15(16)21)10-11-19-17(22)8-9-18(23)20-14-4-2-3-5-14/h6-7,12,14,21H,2-5,8-11H2,1H3,(H,19,22)(H,20,23). The van der Waals surface area contributed by atoms with E-state index in [1.54, 1.807) is 12.1 Å². The Kier molecular flexibility index (Phi) is 6.90. The van der Waals surface area contributed by atoms with Gasteiger partial charge in [-0.2, -0.15) is 0 Å². The van der Waals surface area contributed by atoms with Gasteiger partial charge in [-0.15, -0.1) is 0 Å². The van der Waals surface area contributed by atoms with Crippen molar-refractivity contribution in [1.29, 1.82) is 0 Å². The molecule has 0 aliphatic heterocycles. The Morgan fingerprint density at radius 1 is 1.21 bits per heavy atom. The van der Waals surface area contributed by atoms with E-state index in [-0.39, 0.29) is 30.4 Å². The van der Waals surface area contributed by atoms with Crippen LogP contribution in [0.5, 0.6) is 11.5 Å². The normalized spacial score (nSPS) is 14.4. The molecule has 132 valence electrons. The van der Waals surface area contributed by atoms with Gasteiger partial charge < -0.3 is 20.5 Å². The van der Waals surface area contributed by atoms with Gasteiger partial charge in [0.15, 0.2) is 11.5 Å². The molecule has 24 heavy (non-hydrogen) atoms. The van der Waals surface area contributed by atoms with Crippen LogP contribution in [0.1, 0.15) is 44.1 Å². The molecule has 6 nitrogen and oxygen atoms in total. The summed E-state index contributed by atoms with van der Waals surface area (Å²) in [6.45, 7) is 0.467. The van der Waals surface area contributed by atoms with Crippen molar-refractivity contribution in [2.24, 2.45) is 0 Å². The Bertz CT molecular complexity index is 568. The van der Waals surface area contributed by atoms with E-state index in [1.165, 1.54) is 20.0 Å². The average Bonchev–Trinajstić information content (AvgIpc) is 3.06. The number of rotatable bonds is 8. The molecule has 0 heterocycles. The number of phenolic OH excluding ortho intramolecular Hbond substituents is 1. The van der Waals surface area contributed by atoms with Crippen molar-refractivity contribution in [1.82, 2.24) is 10.6 Å². The number of amides is 2. The number of carbonyl (C=O) groups is 2. The van der Waals surface area contributed by atoms with E-state index in [0.29, 0.717) is 24.8 Å². The number of carbonyl (C=O) groups excluding carboxylic acids is 2. The molecule has 0 radical (unpaired) electrons. The summed E-state index contributed by atoms with van der Waals surface area (Å²) in [7, 11) is 1.50. The first-order valence-electron chi connectivity index (χ1n) is 8.50. The number of hydrogen-bond acceptors (Lipinski definition) is 4. The highest BCUT2D eigenvalue weighted by Gasteiger charge is 2.17. The Balaban J connectivity index is 1.62. The first-order chi connectivity index (χ1) is 11.6. The van der Waals surface area contributed by atoms with E-state index < -0.39 is 0 Å². The van der Waals surface area contributed by atoms with Crippen molar-refractivity contribution in [2.45, 2.75) is 51.0 Å². The van der Waals surface area contributed by atoms with Crippen molar-refractivity contribution < 1.29 is 19.4 Å². The van der Waals surface area contributed by atoms with E-state index in [9.17, 15) is 14.7 Å². The van der Waals surface area contributed by atoms with Crippen LogP contribution in [0.3, 0.4) is 0 Å². The van der Waals surface area contributed by atoms with Gasteiger partial charge in [-0.3, -0.25) is 9.59 Å². The van der Waals surface area contributed by atoms with Gasteiger partial charge in [0.2, 0.25) is 11.8 Å².